The van der Waals surface area contributed by atoms with E-state index >= 15 is 0 Å². The maximum atomic E-state index is 5.63. The van der Waals surface area contributed by atoms with E-state index < -0.39 is 0 Å². The van der Waals surface area contributed by atoms with Crippen LogP contribution < -0.4 is 10.5 Å². The second kappa shape index (κ2) is 4.96. The van der Waals surface area contributed by atoms with Gasteiger partial charge in [0.15, 0.2) is 5.75 Å². The van der Waals surface area contributed by atoms with Crippen LogP contribution in [0.15, 0.2) is 12.4 Å². The lowest BCUT2D eigenvalue weighted by atomic mass is 10.5. The lowest BCUT2D eigenvalue weighted by Crippen LogP contribution is -2.00. The van der Waals surface area contributed by atoms with Crippen LogP contribution in [0.2, 0.25) is 5.28 Å². The molecule has 0 aliphatic heterocycles. The van der Waals surface area contributed by atoms with E-state index in [0.717, 1.165) is 13.0 Å². The zero-order valence-electron chi connectivity index (χ0n) is 9.17. The number of nitrogen functional groups attached to an aromatic ring is 1. The number of nitrogens with zero attached hydrogens (tertiary/aromatic N) is 5. The van der Waals surface area contributed by atoms with E-state index in [9.17, 15) is 0 Å². The van der Waals surface area contributed by atoms with Gasteiger partial charge in [-0.15, -0.1) is 0 Å². The molecule has 0 aliphatic rings. The first-order valence-electron chi connectivity index (χ1n) is 5.04. The molecule has 0 saturated carbocycles. The van der Waals surface area contributed by atoms with E-state index in [0.29, 0.717) is 5.75 Å². The topological polar surface area (TPSA) is 91.7 Å². The molecule has 0 fully saturated rings. The molecule has 2 rings (SSSR count). The van der Waals surface area contributed by atoms with Crippen molar-refractivity contribution in [1.82, 2.24) is 24.7 Å². The third kappa shape index (κ3) is 3.04. The average Bonchev–Trinajstić information content (AvgIpc) is 2.64. The van der Waals surface area contributed by atoms with Gasteiger partial charge in [-0.2, -0.15) is 20.1 Å². The Morgan fingerprint density at radius 3 is 2.94 bits per heavy atom. The lowest BCUT2D eigenvalue weighted by Gasteiger charge is -2.01. The summed E-state index contributed by atoms with van der Waals surface area (Å²) < 4.78 is 7.12. The number of hydrogen-bond donors (Lipinski definition) is 1. The number of nitrogens with two attached hydrogens (primary N) is 1. The highest BCUT2D eigenvalue weighted by Crippen LogP contribution is 2.18. The molecule has 0 atom stereocenters. The Kier molecular flexibility index (Phi) is 3.38. The van der Waals surface area contributed by atoms with E-state index in [1.54, 1.807) is 17.1 Å². The van der Waals surface area contributed by atoms with Gasteiger partial charge in [0.25, 0.3) is 0 Å². The number of anilines is 1. The minimum Gasteiger partial charge on any atom is -0.421 e. The van der Waals surface area contributed by atoms with Crippen molar-refractivity contribution < 1.29 is 4.74 Å². The Morgan fingerprint density at radius 1 is 1.41 bits per heavy atom. The minimum atomic E-state index is -0.00606. The van der Waals surface area contributed by atoms with Crippen LogP contribution in [0.5, 0.6) is 11.8 Å². The Balaban J connectivity index is 2.13. The fourth-order valence-electron chi connectivity index (χ4n) is 1.25. The summed E-state index contributed by atoms with van der Waals surface area (Å²) in [6, 6.07) is 0.0542. The fourth-order valence-corrected chi connectivity index (χ4v) is 1.41. The molecule has 0 radical (unpaired) electrons. The van der Waals surface area contributed by atoms with Gasteiger partial charge in [0, 0.05) is 6.54 Å². The summed E-state index contributed by atoms with van der Waals surface area (Å²) in [6.45, 7) is 2.89. The third-order valence-corrected chi connectivity index (χ3v) is 2.05. The standard InChI is InChI=1S/C9H11ClN6O/c1-2-3-16-5-6(4-12-16)17-9-14-7(10)13-8(11)15-9/h4-5H,2-3H2,1H3,(H2,11,13,14,15). The fraction of sp³-hybridized carbons (Fsp3) is 0.333. The van der Waals surface area contributed by atoms with Gasteiger partial charge in [0.1, 0.15) is 0 Å². The van der Waals surface area contributed by atoms with Crippen molar-refractivity contribution in [2.45, 2.75) is 19.9 Å². The second-order valence-electron chi connectivity index (χ2n) is 3.29. The molecule has 0 amide bonds. The molecule has 8 heteroatoms. The van der Waals surface area contributed by atoms with Crippen LogP contribution in [0.25, 0.3) is 0 Å². The van der Waals surface area contributed by atoms with Crippen LogP contribution in [0.3, 0.4) is 0 Å². The number of aryl methyl sites for hydroxylation is 1. The van der Waals surface area contributed by atoms with Gasteiger partial charge in [0.05, 0.1) is 12.4 Å². The summed E-state index contributed by atoms with van der Waals surface area (Å²) >= 11 is 5.63. The van der Waals surface area contributed by atoms with Crippen molar-refractivity contribution in [3.05, 3.63) is 17.7 Å². The minimum absolute atomic E-state index is 0.00606. The smallest absolute Gasteiger partial charge is 0.328 e. The molecule has 0 unspecified atom stereocenters. The molecule has 0 bridgehead atoms. The molecule has 0 saturated heterocycles. The highest BCUT2D eigenvalue weighted by molar-refractivity contribution is 6.28. The van der Waals surface area contributed by atoms with Crippen molar-refractivity contribution in [2.24, 2.45) is 0 Å². The van der Waals surface area contributed by atoms with Crippen molar-refractivity contribution in [1.29, 1.82) is 0 Å². The number of ether oxygens (including phenoxy) is 1. The van der Waals surface area contributed by atoms with Crippen LogP contribution in [0.4, 0.5) is 5.95 Å². The maximum absolute atomic E-state index is 5.63. The predicted octanol–water partition coefficient (Wildman–Crippen LogP) is 1.51. The number of rotatable bonds is 4. The number of hydrogen-bond acceptors (Lipinski definition) is 6. The summed E-state index contributed by atoms with van der Waals surface area (Å²) in [5.74, 6) is 0.543. The molecule has 2 heterocycles. The van der Waals surface area contributed by atoms with Crippen molar-refractivity contribution in [3.63, 3.8) is 0 Å². The Morgan fingerprint density at radius 2 is 2.24 bits per heavy atom. The zero-order chi connectivity index (χ0) is 12.3. The van der Waals surface area contributed by atoms with Gasteiger partial charge in [-0.05, 0) is 18.0 Å². The van der Waals surface area contributed by atoms with E-state index in [4.69, 9.17) is 22.1 Å². The maximum Gasteiger partial charge on any atom is 0.328 e. The summed E-state index contributed by atoms with van der Waals surface area (Å²) in [6.07, 6.45) is 4.31. The molecule has 90 valence electrons. The van der Waals surface area contributed by atoms with Crippen LogP contribution in [0, 0.1) is 0 Å². The molecule has 0 aliphatic carbocycles. The Hall–Kier alpha value is -1.89. The van der Waals surface area contributed by atoms with Crippen molar-refractivity contribution in [3.8, 4) is 11.8 Å². The third-order valence-electron chi connectivity index (χ3n) is 1.88. The van der Waals surface area contributed by atoms with E-state index in [1.165, 1.54) is 0 Å². The van der Waals surface area contributed by atoms with Crippen LogP contribution in [0.1, 0.15) is 13.3 Å². The zero-order valence-corrected chi connectivity index (χ0v) is 9.92. The highest BCUT2D eigenvalue weighted by Gasteiger charge is 2.06. The molecule has 17 heavy (non-hydrogen) atoms. The summed E-state index contributed by atoms with van der Waals surface area (Å²) in [7, 11) is 0. The average molecular weight is 255 g/mol. The first-order valence-corrected chi connectivity index (χ1v) is 5.42. The van der Waals surface area contributed by atoms with Gasteiger partial charge < -0.3 is 10.5 Å². The normalized spacial score (nSPS) is 10.5. The van der Waals surface area contributed by atoms with Crippen LogP contribution in [-0.4, -0.2) is 24.7 Å². The van der Waals surface area contributed by atoms with Crippen LogP contribution >= 0.6 is 11.6 Å². The first-order chi connectivity index (χ1) is 8.17. The first kappa shape index (κ1) is 11.6. The summed E-state index contributed by atoms with van der Waals surface area (Å²) in [5.41, 5.74) is 5.42. The molecular formula is C9H11ClN6O. The van der Waals surface area contributed by atoms with Gasteiger partial charge >= 0.3 is 6.01 Å². The van der Waals surface area contributed by atoms with Crippen LogP contribution in [-0.2, 0) is 6.54 Å². The molecule has 2 N–H and O–H groups in total. The van der Waals surface area contributed by atoms with E-state index in [-0.39, 0.29) is 17.2 Å². The lowest BCUT2D eigenvalue weighted by molar-refractivity contribution is 0.439. The molecule has 2 aromatic heterocycles. The number of halogens is 1. The predicted molar refractivity (Wildman–Crippen MR) is 61.8 cm³/mol. The molecule has 0 aromatic carbocycles. The molecule has 0 spiro atoms. The second-order valence-corrected chi connectivity index (χ2v) is 3.62. The highest BCUT2D eigenvalue weighted by atomic mass is 35.5. The van der Waals surface area contributed by atoms with E-state index in [2.05, 4.69) is 27.0 Å². The van der Waals surface area contributed by atoms with E-state index in [1.807, 2.05) is 0 Å². The molecular weight excluding hydrogens is 244 g/mol. The molecule has 7 nitrogen and oxygen atoms in total. The summed E-state index contributed by atoms with van der Waals surface area (Å²) in [5, 5.41) is 4.10. The van der Waals surface area contributed by atoms with Gasteiger partial charge in [-0.1, -0.05) is 6.92 Å². The van der Waals surface area contributed by atoms with Crippen molar-refractivity contribution in [2.75, 3.05) is 5.73 Å². The van der Waals surface area contributed by atoms with Gasteiger partial charge in [0.2, 0.25) is 11.2 Å². The number of aromatic nitrogens is 5. The van der Waals surface area contributed by atoms with Crippen molar-refractivity contribution >= 4 is 17.5 Å². The quantitative estimate of drug-likeness (QED) is 0.889. The van der Waals surface area contributed by atoms with Gasteiger partial charge in [-0.3, -0.25) is 4.68 Å². The monoisotopic (exact) mass is 254 g/mol. The molecule has 2 aromatic rings. The largest absolute Gasteiger partial charge is 0.421 e. The Labute approximate surface area is 103 Å². The summed E-state index contributed by atoms with van der Waals surface area (Å²) in [4.78, 5) is 11.2. The van der Waals surface area contributed by atoms with Gasteiger partial charge in [-0.25, -0.2) is 0 Å². The SMILES string of the molecule is CCCn1cc(Oc2nc(N)nc(Cl)n2)cn1. The Bertz CT molecular complexity index is 494.